The summed E-state index contributed by atoms with van der Waals surface area (Å²) in [6.07, 6.45) is 9.04. The molecule has 0 radical (unpaired) electrons. The van der Waals surface area contributed by atoms with Crippen molar-refractivity contribution >= 4 is 5.78 Å². The number of hydrogen-bond acceptors (Lipinski definition) is 2. The number of rotatable bonds is 2. The fourth-order valence-corrected chi connectivity index (χ4v) is 2.62. The van der Waals surface area contributed by atoms with Gasteiger partial charge in [-0.15, -0.1) is 0 Å². The molecule has 2 rings (SSSR count). The average molecular weight is 207 g/mol. The maximum Gasteiger partial charge on any atom is 0.165 e. The van der Waals surface area contributed by atoms with Crippen molar-refractivity contribution in [2.45, 2.75) is 45.4 Å². The molecule has 1 N–H and O–H groups in total. The SMILES string of the molecule is CC1(C(=O)C2=CCCCCC2)CCNC1. The van der Waals surface area contributed by atoms with Crippen LogP contribution in [0.5, 0.6) is 0 Å². The Morgan fingerprint density at radius 1 is 1.40 bits per heavy atom. The Hall–Kier alpha value is -0.630. The molecular weight excluding hydrogens is 186 g/mol. The van der Waals surface area contributed by atoms with Crippen LogP contribution < -0.4 is 5.32 Å². The van der Waals surface area contributed by atoms with Gasteiger partial charge in [0.05, 0.1) is 0 Å². The van der Waals surface area contributed by atoms with E-state index in [0.29, 0.717) is 5.78 Å². The second-order valence-corrected chi connectivity index (χ2v) is 5.15. The zero-order chi connectivity index (χ0) is 10.7. The van der Waals surface area contributed by atoms with Crippen LogP contribution in [0.15, 0.2) is 11.6 Å². The van der Waals surface area contributed by atoms with E-state index < -0.39 is 0 Å². The van der Waals surface area contributed by atoms with Crippen molar-refractivity contribution in [3.63, 3.8) is 0 Å². The molecule has 0 aromatic carbocycles. The van der Waals surface area contributed by atoms with E-state index in [1.165, 1.54) is 19.3 Å². The average Bonchev–Trinajstić information content (AvgIpc) is 2.54. The molecule has 1 saturated heterocycles. The van der Waals surface area contributed by atoms with Gasteiger partial charge in [-0.05, 0) is 44.2 Å². The summed E-state index contributed by atoms with van der Waals surface area (Å²) in [4.78, 5) is 12.4. The maximum atomic E-state index is 12.4. The van der Waals surface area contributed by atoms with E-state index in [-0.39, 0.29) is 5.41 Å². The van der Waals surface area contributed by atoms with E-state index in [0.717, 1.165) is 37.9 Å². The number of carbonyl (C=O) groups is 1. The summed E-state index contributed by atoms with van der Waals surface area (Å²) in [5, 5.41) is 3.30. The molecule has 1 aliphatic heterocycles. The molecule has 1 fully saturated rings. The lowest BCUT2D eigenvalue weighted by molar-refractivity contribution is -0.123. The summed E-state index contributed by atoms with van der Waals surface area (Å²) >= 11 is 0. The van der Waals surface area contributed by atoms with Gasteiger partial charge in [0.15, 0.2) is 5.78 Å². The highest BCUT2D eigenvalue weighted by Crippen LogP contribution is 2.31. The molecular formula is C13H21NO. The third-order valence-electron chi connectivity index (χ3n) is 3.75. The third-order valence-corrected chi connectivity index (χ3v) is 3.75. The molecule has 0 aromatic heterocycles. The molecule has 15 heavy (non-hydrogen) atoms. The minimum Gasteiger partial charge on any atom is -0.316 e. The van der Waals surface area contributed by atoms with Gasteiger partial charge in [-0.3, -0.25) is 4.79 Å². The molecule has 1 heterocycles. The molecule has 0 spiro atoms. The Bertz CT molecular complexity index is 274. The largest absolute Gasteiger partial charge is 0.316 e. The zero-order valence-corrected chi connectivity index (χ0v) is 9.64. The van der Waals surface area contributed by atoms with Gasteiger partial charge in [0.2, 0.25) is 0 Å². The zero-order valence-electron chi connectivity index (χ0n) is 9.64. The molecule has 2 heteroatoms. The van der Waals surface area contributed by atoms with Crippen LogP contribution in [0.1, 0.15) is 45.4 Å². The third kappa shape index (κ3) is 2.31. The van der Waals surface area contributed by atoms with Gasteiger partial charge in [0.25, 0.3) is 0 Å². The fourth-order valence-electron chi connectivity index (χ4n) is 2.62. The minimum atomic E-state index is -0.115. The first-order valence-corrected chi connectivity index (χ1v) is 6.17. The summed E-state index contributed by atoms with van der Waals surface area (Å²) < 4.78 is 0. The first kappa shape index (κ1) is 10.9. The van der Waals surface area contributed by atoms with Crippen LogP contribution in [0.25, 0.3) is 0 Å². The van der Waals surface area contributed by atoms with E-state index in [9.17, 15) is 4.79 Å². The Balaban J connectivity index is 2.08. The first-order chi connectivity index (χ1) is 7.22. The molecule has 0 amide bonds. The normalized spacial score (nSPS) is 32.2. The summed E-state index contributed by atoms with van der Waals surface area (Å²) in [5.74, 6) is 0.411. The van der Waals surface area contributed by atoms with Crippen LogP contribution in [0.4, 0.5) is 0 Å². The van der Waals surface area contributed by atoms with Crippen molar-refractivity contribution in [2.75, 3.05) is 13.1 Å². The number of nitrogens with one attached hydrogen (secondary N) is 1. The maximum absolute atomic E-state index is 12.4. The van der Waals surface area contributed by atoms with Gasteiger partial charge < -0.3 is 5.32 Å². The number of Topliss-reactive ketones (excluding diaryl/α,β-unsaturated/α-hetero) is 1. The molecule has 2 aliphatic rings. The molecule has 84 valence electrons. The molecule has 2 nitrogen and oxygen atoms in total. The second-order valence-electron chi connectivity index (χ2n) is 5.15. The monoisotopic (exact) mass is 207 g/mol. The van der Waals surface area contributed by atoms with Crippen molar-refractivity contribution in [2.24, 2.45) is 5.41 Å². The Kier molecular flexibility index (Phi) is 3.25. The van der Waals surface area contributed by atoms with Gasteiger partial charge in [0.1, 0.15) is 0 Å². The topological polar surface area (TPSA) is 29.1 Å². The molecule has 0 saturated carbocycles. The van der Waals surface area contributed by atoms with Crippen molar-refractivity contribution < 1.29 is 4.79 Å². The van der Waals surface area contributed by atoms with Gasteiger partial charge in [0, 0.05) is 12.0 Å². The Morgan fingerprint density at radius 2 is 2.27 bits per heavy atom. The Labute approximate surface area is 92.1 Å². The highest BCUT2D eigenvalue weighted by Gasteiger charge is 2.37. The van der Waals surface area contributed by atoms with Crippen LogP contribution in [0, 0.1) is 5.41 Å². The van der Waals surface area contributed by atoms with E-state index >= 15 is 0 Å². The van der Waals surface area contributed by atoms with Crippen molar-refractivity contribution in [3.05, 3.63) is 11.6 Å². The first-order valence-electron chi connectivity index (χ1n) is 6.17. The number of ketones is 1. The smallest absolute Gasteiger partial charge is 0.165 e. The van der Waals surface area contributed by atoms with Crippen LogP contribution in [-0.4, -0.2) is 18.9 Å². The number of hydrogen-bond donors (Lipinski definition) is 1. The lowest BCUT2D eigenvalue weighted by Crippen LogP contribution is -2.31. The van der Waals surface area contributed by atoms with Gasteiger partial charge in [-0.2, -0.15) is 0 Å². The van der Waals surface area contributed by atoms with Crippen LogP contribution in [0.2, 0.25) is 0 Å². The molecule has 0 aromatic rings. The number of allylic oxidation sites excluding steroid dienone is 2. The standard InChI is InChI=1S/C13H21NO/c1-13(8-9-14-10-13)12(15)11-6-4-2-3-5-7-11/h6,14H,2-5,7-10H2,1H3. The Morgan fingerprint density at radius 3 is 3.00 bits per heavy atom. The molecule has 1 atom stereocenters. The van der Waals surface area contributed by atoms with E-state index in [4.69, 9.17) is 0 Å². The van der Waals surface area contributed by atoms with E-state index in [2.05, 4.69) is 18.3 Å². The van der Waals surface area contributed by atoms with Gasteiger partial charge in [-0.1, -0.05) is 19.4 Å². The fraction of sp³-hybridized carbons (Fsp3) is 0.769. The van der Waals surface area contributed by atoms with Crippen molar-refractivity contribution in [1.82, 2.24) is 5.32 Å². The van der Waals surface area contributed by atoms with Crippen LogP contribution in [-0.2, 0) is 4.79 Å². The van der Waals surface area contributed by atoms with Crippen molar-refractivity contribution in [3.8, 4) is 0 Å². The number of carbonyl (C=O) groups excluding carboxylic acids is 1. The lowest BCUT2D eigenvalue weighted by atomic mass is 9.80. The predicted molar refractivity (Wildman–Crippen MR) is 61.8 cm³/mol. The summed E-state index contributed by atoms with van der Waals surface area (Å²) in [6.45, 7) is 3.97. The predicted octanol–water partition coefficient (Wildman–Crippen LogP) is 2.45. The lowest BCUT2D eigenvalue weighted by Gasteiger charge is -2.22. The minimum absolute atomic E-state index is 0.115. The summed E-state index contributed by atoms with van der Waals surface area (Å²) in [5.41, 5.74) is 0.995. The summed E-state index contributed by atoms with van der Waals surface area (Å²) in [7, 11) is 0. The van der Waals surface area contributed by atoms with E-state index in [1.807, 2.05) is 0 Å². The van der Waals surface area contributed by atoms with Gasteiger partial charge in [-0.25, -0.2) is 0 Å². The summed E-state index contributed by atoms with van der Waals surface area (Å²) in [6, 6.07) is 0. The van der Waals surface area contributed by atoms with Crippen LogP contribution >= 0.6 is 0 Å². The molecule has 1 aliphatic carbocycles. The second kappa shape index (κ2) is 4.48. The molecule has 0 bridgehead atoms. The molecule has 1 unspecified atom stereocenters. The quantitative estimate of drug-likeness (QED) is 0.753. The van der Waals surface area contributed by atoms with Crippen LogP contribution in [0.3, 0.4) is 0 Å². The van der Waals surface area contributed by atoms with E-state index in [1.54, 1.807) is 0 Å². The highest BCUT2D eigenvalue weighted by atomic mass is 16.1. The van der Waals surface area contributed by atoms with Crippen molar-refractivity contribution in [1.29, 1.82) is 0 Å². The highest BCUT2D eigenvalue weighted by molar-refractivity contribution is 6.00. The van der Waals surface area contributed by atoms with Gasteiger partial charge >= 0.3 is 0 Å².